The zero-order chi connectivity index (χ0) is 18.1. The minimum Gasteiger partial charge on any atom is -0.444 e. The van der Waals surface area contributed by atoms with Gasteiger partial charge in [0.15, 0.2) is 5.41 Å². The molecule has 2 atom stereocenters. The van der Waals surface area contributed by atoms with E-state index in [2.05, 4.69) is 11.2 Å². The first kappa shape index (κ1) is 19.1. The Hall–Kier alpha value is -1.91. The number of hydrogen-bond acceptors (Lipinski definition) is 3. The van der Waals surface area contributed by atoms with Gasteiger partial charge in [-0.25, -0.2) is 4.79 Å². The molecule has 0 bridgehead atoms. The molecule has 0 unspecified atom stereocenters. The van der Waals surface area contributed by atoms with Crippen LogP contribution in [0.4, 0.5) is 18.0 Å². The molecule has 130 valence electrons. The van der Waals surface area contributed by atoms with Crippen LogP contribution < -0.4 is 5.32 Å². The van der Waals surface area contributed by atoms with Gasteiger partial charge in [0.1, 0.15) is 5.60 Å². The highest BCUT2D eigenvalue weighted by Gasteiger charge is 2.64. The molecule has 23 heavy (non-hydrogen) atoms. The summed E-state index contributed by atoms with van der Waals surface area (Å²) in [5.74, 6) is 0.928. The molecular formula is C15H21F3N2O3. The van der Waals surface area contributed by atoms with Crippen LogP contribution in [0.2, 0.25) is 0 Å². The molecule has 0 spiro atoms. The van der Waals surface area contributed by atoms with Gasteiger partial charge in [-0.05, 0) is 34.1 Å². The van der Waals surface area contributed by atoms with E-state index in [0.29, 0.717) is 0 Å². The van der Waals surface area contributed by atoms with E-state index in [1.54, 1.807) is 20.8 Å². The fraction of sp³-hybridized carbons (Fsp3) is 0.733. The standard InChI is InChI=1S/C15H21F3N2O3/c1-6-10(2)19-11(21)14(15(16,17)18)7-8-20(9-14)12(22)23-13(3,4)5/h1,10H,7-9H2,2-5H3,(H,19,21)/t10-,14-/m0/s1. The number of nitrogens with zero attached hydrogens (tertiary/aromatic N) is 1. The van der Waals surface area contributed by atoms with Crippen LogP contribution >= 0.6 is 0 Å². The molecule has 0 radical (unpaired) electrons. The largest absolute Gasteiger partial charge is 0.444 e. The lowest BCUT2D eigenvalue weighted by Gasteiger charge is -2.31. The Morgan fingerprint density at radius 1 is 1.35 bits per heavy atom. The van der Waals surface area contributed by atoms with Crippen molar-refractivity contribution in [3.63, 3.8) is 0 Å². The lowest BCUT2D eigenvalue weighted by molar-refractivity contribution is -0.217. The summed E-state index contributed by atoms with van der Waals surface area (Å²) >= 11 is 0. The summed E-state index contributed by atoms with van der Waals surface area (Å²) in [6, 6.07) is -0.836. The van der Waals surface area contributed by atoms with Crippen molar-refractivity contribution in [3.05, 3.63) is 0 Å². The fourth-order valence-corrected chi connectivity index (χ4v) is 2.21. The van der Waals surface area contributed by atoms with Crippen molar-refractivity contribution in [2.75, 3.05) is 13.1 Å². The van der Waals surface area contributed by atoms with Gasteiger partial charge in [0.25, 0.3) is 0 Å². The second kappa shape index (κ2) is 6.30. The number of carbonyl (C=O) groups excluding carboxylic acids is 2. The maximum absolute atomic E-state index is 13.5. The Labute approximate surface area is 133 Å². The SMILES string of the molecule is C#C[C@H](C)NC(=O)[C@]1(C(F)(F)F)CCN(C(=O)OC(C)(C)C)C1. The predicted octanol–water partition coefficient (Wildman–Crippen LogP) is 2.31. The quantitative estimate of drug-likeness (QED) is 0.789. The normalized spacial score (nSPS) is 23.1. The molecule has 0 aromatic carbocycles. The fourth-order valence-electron chi connectivity index (χ4n) is 2.21. The Bertz CT molecular complexity index is 520. The van der Waals surface area contributed by atoms with E-state index in [9.17, 15) is 22.8 Å². The van der Waals surface area contributed by atoms with Crippen LogP contribution in [-0.2, 0) is 9.53 Å². The summed E-state index contributed by atoms with van der Waals surface area (Å²) in [5.41, 5.74) is -3.50. The lowest BCUT2D eigenvalue weighted by atomic mass is 9.85. The lowest BCUT2D eigenvalue weighted by Crippen LogP contribution is -2.54. The maximum atomic E-state index is 13.5. The van der Waals surface area contributed by atoms with E-state index in [4.69, 9.17) is 11.2 Å². The van der Waals surface area contributed by atoms with Crippen molar-refractivity contribution in [3.8, 4) is 12.3 Å². The van der Waals surface area contributed by atoms with Gasteiger partial charge in [0.05, 0.1) is 6.04 Å². The Kier molecular flexibility index (Phi) is 5.24. The predicted molar refractivity (Wildman–Crippen MR) is 77.3 cm³/mol. The summed E-state index contributed by atoms with van der Waals surface area (Å²) in [6.45, 7) is 5.24. The monoisotopic (exact) mass is 334 g/mol. The molecule has 1 rings (SSSR count). The van der Waals surface area contributed by atoms with Crippen LogP contribution in [0.15, 0.2) is 0 Å². The first-order valence-electron chi connectivity index (χ1n) is 7.14. The number of carbonyl (C=O) groups is 2. The van der Waals surface area contributed by atoms with Gasteiger partial charge in [-0.15, -0.1) is 6.42 Å². The van der Waals surface area contributed by atoms with Crippen molar-refractivity contribution in [2.24, 2.45) is 5.41 Å². The van der Waals surface area contributed by atoms with Crippen LogP contribution in [0, 0.1) is 17.8 Å². The zero-order valence-electron chi connectivity index (χ0n) is 13.6. The van der Waals surface area contributed by atoms with E-state index in [1.807, 2.05) is 0 Å². The molecule has 0 aromatic heterocycles. The number of amides is 2. The number of nitrogens with one attached hydrogen (secondary N) is 1. The Morgan fingerprint density at radius 2 is 1.91 bits per heavy atom. The van der Waals surface area contributed by atoms with E-state index in [-0.39, 0.29) is 6.54 Å². The van der Waals surface area contributed by atoms with E-state index < -0.39 is 48.2 Å². The molecule has 1 fully saturated rings. The Morgan fingerprint density at radius 3 is 2.35 bits per heavy atom. The highest BCUT2D eigenvalue weighted by atomic mass is 19.4. The Balaban J connectivity index is 2.98. The number of hydrogen-bond donors (Lipinski definition) is 1. The van der Waals surface area contributed by atoms with Crippen LogP contribution in [0.5, 0.6) is 0 Å². The van der Waals surface area contributed by atoms with E-state index >= 15 is 0 Å². The molecule has 5 nitrogen and oxygen atoms in total. The minimum atomic E-state index is -4.80. The summed E-state index contributed by atoms with van der Waals surface area (Å²) in [5, 5.41) is 2.15. The van der Waals surface area contributed by atoms with Gasteiger partial charge >= 0.3 is 12.3 Å². The first-order valence-corrected chi connectivity index (χ1v) is 7.14. The third kappa shape index (κ3) is 4.30. The summed E-state index contributed by atoms with van der Waals surface area (Å²) in [4.78, 5) is 25.0. The molecule has 1 heterocycles. The van der Waals surface area contributed by atoms with E-state index in [1.165, 1.54) is 6.92 Å². The highest BCUT2D eigenvalue weighted by Crippen LogP contribution is 2.46. The molecule has 1 aliphatic rings. The van der Waals surface area contributed by atoms with Gasteiger partial charge in [-0.3, -0.25) is 4.79 Å². The van der Waals surface area contributed by atoms with Gasteiger partial charge in [-0.2, -0.15) is 13.2 Å². The third-order valence-corrected chi connectivity index (χ3v) is 3.50. The van der Waals surface area contributed by atoms with Crippen LogP contribution in [0.25, 0.3) is 0 Å². The third-order valence-electron chi connectivity index (χ3n) is 3.50. The molecule has 0 aliphatic carbocycles. The minimum absolute atomic E-state index is 0.216. The summed E-state index contributed by atoms with van der Waals surface area (Å²) in [6.07, 6.45) is -1.12. The van der Waals surface area contributed by atoms with Crippen molar-refractivity contribution in [2.45, 2.75) is 51.9 Å². The highest BCUT2D eigenvalue weighted by molar-refractivity contribution is 5.86. The molecule has 1 N–H and O–H groups in total. The second-order valence-electron chi connectivity index (χ2n) is 6.59. The van der Waals surface area contributed by atoms with Crippen LogP contribution in [0.3, 0.4) is 0 Å². The van der Waals surface area contributed by atoms with Crippen molar-refractivity contribution < 1.29 is 27.5 Å². The van der Waals surface area contributed by atoms with E-state index in [0.717, 1.165) is 4.90 Å². The average Bonchev–Trinajstić information content (AvgIpc) is 2.82. The van der Waals surface area contributed by atoms with Crippen LogP contribution in [-0.4, -0.2) is 47.8 Å². The zero-order valence-corrected chi connectivity index (χ0v) is 13.6. The van der Waals surface area contributed by atoms with Gasteiger partial charge in [-0.1, -0.05) is 5.92 Å². The molecule has 0 saturated carbocycles. The van der Waals surface area contributed by atoms with Crippen molar-refractivity contribution in [1.29, 1.82) is 0 Å². The molecule has 2 amide bonds. The number of rotatable bonds is 2. The number of ether oxygens (including phenoxy) is 1. The van der Waals surface area contributed by atoms with Crippen molar-refractivity contribution >= 4 is 12.0 Å². The second-order valence-corrected chi connectivity index (χ2v) is 6.59. The van der Waals surface area contributed by atoms with Gasteiger partial charge in [0, 0.05) is 13.1 Å². The molecule has 1 aliphatic heterocycles. The number of alkyl halides is 3. The average molecular weight is 334 g/mol. The van der Waals surface area contributed by atoms with Crippen LogP contribution in [0.1, 0.15) is 34.1 Å². The first-order chi connectivity index (χ1) is 10.3. The molecule has 0 aromatic rings. The van der Waals surface area contributed by atoms with Gasteiger partial charge in [0.2, 0.25) is 5.91 Å². The smallest absolute Gasteiger partial charge is 0.410 e. The maximum Gasteiger partial charge on any atom is 0.410 e. The van der Waals surface area contributed by atoms with Gasteiger partial charge < -0.3 is 15.0 Å². The molecular weight excluding hydrogens is 313 g/mol. The topological polar surface area (TPSA) is 58.6 Å². The molecule has 1 saturated heterocycles. The number of halogens is 3. The molecule has 8 heteroatoms. The van der Waals surface area contributed by atoms with Crippen molar-refractivity contribution in [1.82, 2.24) is 10.2 Å². The number of likely N-dealkylation sites (tertiary alicyclic amines) is 1. The summed E-state index contributed by atoms with van der Waals surface area (Å²) < 4.78 is 45.6. The number of terminal acetylenes is 1. The summed E-state index contributed by atoms with van der Waals surface area (Å²) in [7, 11) is 0.